The van der Waals surface area contributed by atoms with Crippen LogP contribution in [0.2, 0.25) is 0 Å². The number of aliphatic hydroxyl groups is 1. The summed E-state index contributed by atoms with van der Waals surface area (Å²) in [5.41, 5.74) is -0.684. The number of ether oxygens (including phenoxy) is 1. The minimum absolute atomic E-state index is 0.125. The predicted molar refractivity (Wildman–Crippen MR) is 52.9 cm³/mol. The van der Waals surface area contributed by atoms with Crippen LogP contribution >= 0.6 is 0 Å². The molecule has 1 rings (SSSR count). The van der Waals surface area contributed by atoms with E-state index in [2.05, 4.69) is 0 Å². The van der Waals surface area contributed by atoms with Crippen molar-refractivity contribution < 1.29 is 14.6 Å². The van der Waals surface area contributed by atoms with Gasteiger partial charge in [0.25, 0.3) is 0 Å². The van der Waals surface area contributed by atoms with Crippen molar-refractivity contribution in [2.45, 2.75) is 31.8 Å². The summed E-state index contributed by atoms with van der Waals surface area (Å²) in [4.78, 5) is 13.3. The summed E-state index contributed by atoms with van der Waals surface area (Å²) in [5.74, 6) is 0.125. The van der Waals surface area contributed by atoms with E-state index in [0.29, 0.717) is 32.5 Å². The zero-order valence-corrected chi connectivity index (χ0v) is 8.95. The van der Waals surface area contributed by atoms with Crippen molar-refractivity contribution in [3.8, 4) is 0 Å². The van der Waals surface area contributed by atoms with Crippen LogP contribution in [0.15, 0.2) is 0 Å². The minimum atomic E-state index is -0.684. The number of carbonyl (C=O) groups excluding carboxylic acids is 1. The van der Waals surface area contributed by atoms with Crippen LogP contribution in [0.3, 0.4) is 0 Å². The van der Waals surface area contributed by atoms with Crippen molar-refractivity contribution in [3.05, 3.63) is 0 Å². The Bertz CT molecular complexity index is 204. The Hall–Kier alpha value is -0.610. The number of likely N-dealkylation sites (tertiary alicyclic amines) is 1. The van der Waals surface area contributed by atoms with Gasteiger partial charge in [-0.3, -0.25) is 4.79 Å². The zero-order chi connectivity index (χ0) is 10.6. The van der Waals surface area contributed by atoms with E-state index in [0.717, 1.165) is 6.42 Å². The second-order valence-electron chi connectivity index (χ2n) is 4.16. The fourth-order valence-electron chi connectivity index (χ4n) is 1.68. The summed E-state index contributed by atoms with van der Waals surface area (Å²) >= 11 is 0. The molecule has 0 aliphatic carbocycles. The first kappa shape index (κ1) is 11.5. The van der Waals surface area contributed by atoms with Crippen LogP contribution in [-0.4, -0.2) is 48.3 Å². The van der Waals surface area contributed by atoms with Crippen LogP contribution in [-0.2, 0) is 9.53 Å². The second-order valence-corrected chi connectivity index (χ2v) is 4.16. The van der Waals surface area contributed by atoms with Gasteiger partial charge in [-0.15, -0.1) is 0 Å². The molecule has 0 radical (unpaired) electrons. The maximum Gasteiger partial charge on any atom is 0.222 e. The largest absolute Gasteiger partial charge is 0.388 e. The highest BCUT2D eigenvalue weighted by Crippen LogP contribution is 2.20. The molecule has 14 heavy (non-hydrogen) atoms. The lowest BCUT2D eigenvalue weighted by molar-refractivity contribution is -0.131. The van der Waals surface area contributed by atoms with Crippen molar-refractivity contribution in [3.63, 3.8) is 0 Å². The van der Waals surface area contributed by atoms with Gasteiger partial charge in [0.05, 0.1) is 5.60 Å². The molecule has 1 N–H and O–H groups in total. The monoisotopic (exact) mass is 201 g/mol. The Kier molecular flexibility index (Phi) is 3.89. The fourth-order valence-corrected chi connectivity index (χ4v) is 1.68. The van der Waals surface area contributed by atoms with Crippen LogP contribution < -0.4 is 0 Å². The van der Waals surface area contributed by atoms with E-state index >= 15 is 0 Å². The molecule has 1 heterocycles. The molecule has 1 unspecified atom stereocenters. The highest BCUT2D eigenvalue weighted by atomic mass is 16.5. The molecule has 1 aliphatic rings. The summed E-state index contributed by atoms with van der Waals surface area (Å²) in [6.07, 6.45) is 1.96. The van der Waals surface area contributed by atoms with Crippen LogP contribution in [0.1, 0.15) is 26.2 Å². The molecule has 1 fully saturated rings. The van der Waals surface area contributed by atoms with Crippen LogP contribution in [0.4, 0.5) is 0 Å². The number of rotatable bonds is 4. The maximum atomic E-state index is 11.6. The molecule has 0 bridgehead atoms. The van der Waals surface area contributed by atoms with Crippen molar-refractivity contribution in [2.24, 2.45) is 0 Å². The third kappa shape index (κ3) is 3.27. The average Bonchev–Trinajstić information content (AvgIpc) is 2.46. The summed E-state index contributed by atoms with van der Waals surface area (Å²) in [7, 11) is 1.63. The molecule has 82 valence electrons. The Morgan fingerprint density at radius 1 is 1.64 bits per heavy atom. The first-order chi connectivity index (χ1) is 6.55. The molecule has 0 aromatic rings. The number of amides is 1. The Morgan fingerprint density at radius 2 is 2.36 bits per heavy atom. The predicted octanol–water partition coefficient (Wildman–Crippen LogP) is 0.396. The first-order valence-corrected chi connectivity index (χ1v) is 5.04. The van der Waals surface area contributed by atoms with Crippen LogP contribution in [0.5, 0.6) is 0 Å². The molecule has 1 saturated heterocycles. The van der Waals surface area contributed by atoms with Gasteiger partial charge in [0.15, 0.2) is 0 Å². The SMILES string of the molecule is COCCCC(=O)N1CCC(C)(O)C1. The van der Waals surface area contributed by atoms with Gasteiger partial charge in [0.2, 0.25) is 5.91 Å². The molecule has 1 aliphatic heterocycles. The third-order valence-electron chi connectivity index (χ3n) is 2.54. The zero-order valence-electron chi connectivity index (χ0n) is 8.95. The lowest BCUT2D eigenvalue weighted by atomic mass is 10.1. The number of carbonyl (C=O) groups is 1. The smallest absolute Gasteiger partial charge is 0.222 e. The highest BCUT2D eigenvalue weighted by molar-refractivity contribution is 5.76. The lowest BCUT2D eigenvalue weighted by Gasteiger charge is -2.18. The lowest BCUT2D eigenvalue weighted by Crippen LogP contribution is -2.33. The van der Waals surface area contributed by atoms with E-state index in [4.69, 9.17) is 4.74 Å². The molecule has 0 aromatic carbocycles. The van der Waals surface area contributed by atoms with E-state index in [1.54, 1.807) is 18.9 Å². The quantitative estimate of drug-likeness (QED) is 0.670. The normalized spacial score (nSPS) is 26.9. The summed E-state index contributed by atoms with van der Waals surface area (Å²) in [6.45, 7) is 3.54. The van der Waals surface area contributed by atoms with Crippen LogP contribution in [0.25, 0.3) is 0 Å². The maximum absolute atomic E-state index is 11.6. The number of methoxy groups -OCH3 is 1. The first-order valence-electron chi connectivity index (χ1n) is 5.04. The van der Waals surface area contributed by atoms with Gasteiger partial charge in [-0.05, 0) is 19.8 Å². The number of nitrogens with zero attached hydrogens (tertiary/aromatic N) is 1. The summed E-state index contributed by atoms with van der Waals surface area (Å²) in [6, 6.07) is 0. The molecular formula is C10H19NO3. The van der Waals surface area contributed by atoms with Gasteiger partial charge >= 0.3 is 0 Å². The summed E-state index contributed by atoms with van der Waals surface area (Å²) < 4.78 is 4.88. The molecule has 1 amide bonds. The number of β-amino-alcohol motifs (C(OH)–C–C–N with tert-alkyl or cyclic N) is 1. The van der Waals surface area contributed by atoms with Gasteiger partial charge in [-0.2, -0.15) is 0 Å². The van der Waals surface area contributed by atoms with Crippen molar-refractivity contribution in [1.82, 2.24) is 4.90 Å². The van der Waals surface area contributed by atoms with Crippen molar-refractivity contribution in [1.29, 1.82) is 0 Å². The van der Waals surface area contributed by atoms with Crippen molar-refractivity contribution in [2.75, 3.05) is 26.8 Å². The van der Waals surface area contributed by atoms with Crippen molar-refractivity contribution >= 4 is 5.91 Å². The Morgan fingerprint density at radius 3 is 2.86 bits per heavy atom. The van der Waals surface area contributed by atoms with E-state index in [-0.39, 0.29) is 5.91 Å². The van der Waals surface area contributed by atoms with Gasteiger partial charge in [0.1, 0.15) is 0 Å². The van der Waals surface area contributed by atoms with E-state index < -0.39 is 5.60 Å². The van der Waals surface area contributed by atoms with E-state index in [1.807, 2.05) is 0 Å². The van der Waals surface area contributed by atoms with Gasteiger partial charge < -0.3 is 14.7 Å². The number of hydrogen-bond donors (Lipinski definition) is 1. The molecule has 4 nitrogen and oxygen atoms in total. The highest BCUT2D eigenvalue weighted by Gasteiger charge is 2.33. The number of hydrogen-bond acceptors (Lipinski definition) is 3. The molecular weight excluding hydrogens is 182 g/mol. The van der Waals surface area contributed by atoms with Gasteiger partial charge in [-0.25, -0.2) is 0 Å². The third-order valence-corrected chi connectivity index (χ3v) is 2.54. The minimum Gasteiger partial charge on any atom is -0.388 e. The fraction of sp³-hybridized carbons (Fsp3) is 0.900. The standard InChI is InChI=1S/C10H19NO3/c1-10(13)5-6-11(8-10)9(12)4-3-7-14-2/h13H,3-8H2,1-2H3. The summed E-state index contributed by atoms with van der Waals surface area (Å²) in [5, 5.41) is 9.67. The van der Waals surface area contributed by atoms with Gasteiger partial charge in [0, 0.05) is 33.2 Å². The van der Waals surface area contributed by atoms with Crippen LogP contribution in [0, 0.1) is 0 Å². The molecule has 0 saturated carbocycles. The topological polar surface area (TPSA) is 49.8 Å². The Labute approximate surface area is 84.8 Å². The molecule has 0 aromatic heterocycles. The average molecular weight is 201 g/mol. The molecule has 4 heteroatoms. The van der Waals surface area contributed by atoms with E-state index in [1.165, 1.54) is 0 Å². The molecule has 0 spiro atoms. The Balaban J connectivity index is 2.25. The van der Waals surface area contributed by atoms with E-state index in [9.17, 15) is 9.90 Å². The second kappa shape index (κ2) is 4.75. The molecule has 1 atom stereocenters. The van der Waals surface area contributed by atoms with Gasteiger partial charge in [-0.1, -0.05) is 0 Å².